The first-order chi connectivity index (χ1) is 5.89. The molecule has 2 aromatic rings. The monoisotopic (exact) mass is 163 g/mol. The Hall–Kier alpha value is -1.91. The highest BCUT2D eigenvalue weighted by Gasteiger charge is 1.74. The lowest BCUT2D eigenvalue weighted by atomic mass is 10.6. The molecule has 62 valence electrons. The molecule has 0 fully saturated rings. The number of aromatic amines is 1. The lowest BCUT2D eigenvalue weighted by Crippen LogP contribution is -1.83. The van der Waals surface area contributed by atoms with E-state index in [-0.39, 0.29) is 0 Å². The van der Waals surface area contributed by atoms with Gasteiger partial charge in [-0.25, -0.2) is 4.98 Å². The fraction of sp³-hybridized carbons (Fsp3) is 0. The molecule has 0 spiro atoms. The van der Waals surface area contributed by atoms with Gasteiger partial charge in [-0.05, 0) is 12.1 Å². The Kier molecular flexibility index (Phi) is 3.30. The molecule has 0 bridgehead atoms. The van der Waals surface area contributed by atoms with E-state index in [4.69, 9.17) is 5.73 Å². The van der Waals surface area contributed by atoms with Gasteiger partial charge in [-0.2, -0.15) is 10.2 Å². The Morgan fingerprint density at radius 2 is 1.75 bits per heavy atom. The molecule has 0 aliphatic carbocycles. The van der Waals surface area contributed by atoms with E-state index in [1.54, 1.807) is 24.8 Å². The number of H-pyrrole nitrogens is 1. The van der Waals surface area contributed by atoms with Crippen LogP contribution in [0.4, 0.5) is 5.95 Å². The molecule has 0 unspecified atom stereocenters. The van der Waals surface area contributed by atoms with Gasteiger partial charge < -0.3 is 10.7 Å². The summed E-state index contributed by atoms with van der Waals surface area (Å²) in [4.78, 5) is 6.31. The summed E-state index contributed by atoms with van der Waals surface area (Å²) >= 11 is 0. The number of anilines is 1. The van der Waals surface area contributed by atoms with Gasteiger partial charge >= 0.3 is 0 Å². The van der Waals surface area contributed by atoms with Crippen molar-refractivity contribution in [1.29, 1.82) is 0 Å². The first-order valence-electron chi connectivity index (χ1n) is 3.36. The molecule has 0 atom stereocenters. The molecule has 0 amide bonds. The molecule has 2 rings (SSSR count). The fourth-order valence-corrected chi connectivity index (χ4v) is 0.531. The van der Waals surface area contributed by atoms with E-state index in [0.29, 0.717) is 5.95 Å². The van der Waals surface area contributed by atoms with Crippen molar-refractivity contribution in [2.24, 2.45) is 0 Å². The van der Waals surface area contributed by atoms with E-state index >= 15 is 0 Å². The van der Waals surface area contributed by atoms with E-state index in [0.717, 1.165) is 0 Å². The lowest BCUT2D eigenvalue weighted by molar-refractivity contribution is 1.03. The van der Waals surface area contributed by atoms with Crippen LogP contribution in [0.15, 0.2) is 36.9 Å². The number of hydrogen-bond donors (Lipinski definition) is 2. The highest BCUT2D eigenvalue weighted by Crippen LogP contribution is 1.81. The fourth-order valence-electron chi connectivity index (χ4n) is 0.531. The minimum Gasteiger partial charge on any atom is -0.369 e. The standard InChI is InChI=1S/C4H4N2.C3H5N3/c1-2-4-6-5-3-1;4-3-5-1-2-6-3/h1-4H;1-2H,(H3,4,5,6). The molecule has 0 aliphatic rings. The van der Waals surface area contributed by atoms with Crippen LogP contribution in [0, 0.1) is 0 Å². The number of nitrogen functional groups attached to an aromatic ring is 1. The Morgan fingerprint density at radius 1 is 1.08 bits per heavy atom. The molecule has 5 heteroatoms. The van der Waals surface area contributed by atoms with Crippen molar-refractivity contribution in [3.05, 3.63) is 36.9 Å². The molecule has 2 aromatic heterocycles. The van der Waals surface area contributed by atoms with Crippen LogP contribution < -0.4 is 5.73 Å². The van der Waals surface area contributed by atoms with Gasteiger partial charge in [-0.15, -0.1) is 0 Å². The van der Waals surface area contributed by atoms with Crippen LogP contribution in [0.25, 0.3) is 0 Å². The number of nitrogens with zero attached hydrogens (tertiary/aromatic N) is 3. The molecule has 3 N–H and O–H groups in total. The van der Waals surface area contributed by atoms with Crippen LogP contribution in [0.3, 0.4) is 0 Å². The number of aromatic nitrogens is 4. The Balaban J connectivity index is 0.000000120. The highest BCUT2D eigenvalue weighted by molar-refractivity contribution is 5.11. The second kappa shape index (κ2) is 4.84. The zero-order valence-electron chi connectivity index (χ0n) is 6.38. The van der Waals surface area contributed by atoms with Gasteiger partial charge in [0.25, 0.3) is 0 Å². The van der Waals surface area contributed by atoms with Crippen molar-refractivity contribution in [2.45, 2.75) is 0 Å². The SMILES string of the molecule is Nc1ncc[nH]1.c1ccnnc1. The summed E-state index contributed by atoms with van der Waals surface area (Å²) < 4.78 is 0. The summed E-state index contributed by atoms with van der Waals surface area (Å²) in [6.07, 6.45) is 6.56. The van der Waals surface area contributed by atoms with Crippen LogP contribution in [0.1, 0.15) is 0 Å². The predicted molar refractivity (Wildman–Crippen MR) is 45.0 cm³/mol. The van der Waals surface area contributed by atoms with Gasteiger partial charge in [-0.1, -0.05) is 0 Å². The van der Waals surface area contributed by atoms with E-state index < -0.39 is 0 Å². The summed E-state index contributed by atoms with van der Waals surface area (Å²) in [5.74, 6) is 0.468. The van der Waals surface area contributed by atoms with Crippen LogP contribution >= 0.6 is 0 Å². The lowest BCUT2D eigenvalue weighted by Gasteiger charge is -1.70. The van der Waals surface area contributed by atoms with E-state index in [9.17, 15) is 0 Å². The third-order valence-corrected chi connectivity index (χ3v) is 1.00. The maximum atomic E-state index is 5.11. The van der Waals surface area contributed by atoms with Crippen LogP contribution in [-0.4, -0.2) is 20.2 Å². The van der Waals surface area contributed by atoms with Crippen molar-refractivity contribution < 1.29 is 0 Å². The Morgan fingerprint density at radius 3 is 1.92 bits per heavy atom. The van der Waals surface area contributed by atoms with Gasteiger partial charge in [0.05, 0.1) is 0 Å². The number of imidazole rings is 1. The quantitative estimate of drug-likeness (QED) is 0.591. The highest BCUT2D eigenvalue weighted by atomic mass is 15.1. The van der Waals surface area contributed by atoms with Gasteiger partial charge in [0.2, 0.25) is 0 Å². The molecule has 0 saturated carbocycles. The first-order valence-corrected chi connectivity index (χ1v) is 3.36. The molecule has 12 heavy (non-hydrogen) atoms. The smallest absolute Gasteiger partial charge is 0.197 e. The van der Waals surface area contributed by atoms with Gasteiger partial charge in [-0.3, -0.25) is 0 Å². The maximum absolute atomic E-state index is 5.11. The van der Waals surface area contributed by atoms with E-state index in [1.165, 1.54) is 0 Å². The van der Waals surface area contributed by atoms with Crippen molar-refractivity contribution >= 4 is 5.95 Å². The summed E-state index contributed by atoms with van der Waals surface area (Å²) in [5.41, 5.74) is 5.11. The zero-order valence-corrected chi connectivity index (χ0v) is 6.38. The first kappa shape index (κ1) is 8.19. The average molecular weight is 163 g/mol. The van der Waals surface area contributed by atoms with Crippen molar-refractivity contribution in [2.75, 3.05) is 5.73 Å². The summed E-state index contributed by atoms with van der Waals surface area (Å²) in [6, 6.07) is 3.65. The van der Waals surface area contributed by atoms with Crippen LogP contribution in [0.5, 0.6) is 0 Å². The predicted octanol–water partition coefficient (Wildman–Crippen LogP) is 0.469. The van der Waals surface area contributed by atoms with Crippen molar-refractivity contribution in [3.8, 4) is 0 Å². The number of nitrogens with one attached hydrogen (secondary N) is 1. The summed E-state index contributed by atoms with van der Waals surface area (Å²) in [5, 5.41) is 7.07. The molecular formula is C7H9N5. The maximum Gasteiger partial charge on any atom is 0.197 e. The average Bonchev–Trinajstić information content (AvgIpc) is 2.60. The topological polar surface area (TPSA) is 80.5 Å². The largest absolute Gasteiger partial charge is 0.369 e. The van der Waals surface area contributed by atoms with Gasteiger partial charge in [0, 0.05) is 24.8 Å². The second-order valence-electron chi connectivity index (χ2n) is 1.89. The molecule has 0 radical (unpaired) electrons. The zero-order chi connectivity index (χ0) is 8.65. The van der Waals surface area contributed by atoms with E-state index in [2.05, 4.69) is 20.2 Å². The number of rotatable bonds is 0. The minimum atomic E-state index is 0.468. The molecule has 0 aromatic carbocycles. The second-order valence-corrected chi connectivity index (χ2v) is 1.89. The van der Waals surface area contributed by atoms with Gasteiger partial charge in [0.1, 0.15) is 0 Å². The molecule has 5 nitrogen and oxygen atoms in total. The molecule has 2 heterocycles. The summed E-state index contributed by atoms with van der Waals surface area (Å²) in [7, 11) is 0. The minimum absolute atomic E-state index is 0.468. The number of hydrogen-bond acceptors (Lipinski definition) is 4. The third kappa shape index (κ3) is 3.31. The summed E-state index contributed by atoms with van der Waals surface area (Å²) in [6.45, 7) is 0. The van der Waals surface area contributed by atoms with Gasteiger partial charge in [0.15, 0.2) is 5.95 Å². The van der Waals surface area contributed by atoms with Crippen molar-refractivity contribution in [1.82, 2.24) is 20.2 Å². The number of nitrogens with two attached hydrogens (primary N) is 1. The normalized spacial score (nSPS) is 8.33. The molecular weight excluding hydrogens is 154 g/mol. The van der Waals surface area contributed by atoms with Crippen LogP contribution in [-0.2, 0) is 0 Å². The van der Waals surface area contributed by atoms with E-state index in [1.807, 2.05) is 12.1 Å². The van der Waals surface area contributed by atoms with Crippen molar-refractivity contribution in [3.63, 3.8) is 0 Å². The Labute approximate surface area is 69.7 Å². The molecule has 0 aliphatic heterocycles. The van der Waals surface area contributed by atoms with Crippen LogP contribution in [0.2, 0.25) is 0 Å². The molecule has 0 saturated heterocycles. The third-order valence-electron chi connectivity index (χ3n) is 1.00. The Bertz CT molecular complexity index is 251.